The lowest BCUT2D eigenvalue weighted by Crippen LogP contribution is -2.26. The smallest absolute Gasteiger partial charge is 0.224 e. The molecule has 1 aromatic heterocycles. The number of nitrogens with one attached hydrogen (secondary N) is 1. The van der Waals surface area contributed by atoms with Crippen molar-refractivity contribution >= 4 is 5.91 Å². The number of halogens is 1. The molecule has 0 fully saturated rings. The van der Waals surface area contributed by atoms with Crippen molar-refractivity contribution in [3.8, 4) is 0 Å². The molecule has 0 aliphatic heterocycles. The number of aromatic nitrogens is 2. The molecule has 19 heavy (non-hydrogen) atoms. The molecule has 0 bridgehead atoms. The molecule has 0 saturated carbocycles. The molecule has 1 amide bonds. The van der Waals surface area contributed by atoms with Crippen LogP contribution in [0.15, 0.2) is 43.0 Å². The van der Waals surface area contributed by atoms with Gasteiger partial charge in [0.2, 0.25) is 5.91 Å². The first kappa shape index (κ1) is 13.3. The van der Waals surface area contributed by atoms with E-state index in [1.54, 1.807) is 24.7 Å². The maximum absolute atomic E-state index is 12.9. The summed E-state index contributed by atoms with van der Waals surface area (Å²) < 4.78 is 14.9. The second-order valence-corrected chi connectivity index (χ2v) is 4.31. The summed E-state index contributed by atoms with van der Waals surface area (Å²) in [5, 5.41) is 2.82. The number of hydrogen-bond donors (Lipinski definition) is 1. The molecule has 0 aliphatic carbocycles. The molecule has 0 spiro atoms. The molecule has 5 heteroatoms. The van der Waals surface area contributed by atoms with Crippen LogP contribution >= 0.6 is 0 Å². The number of benzene rings is 1. The van der Waals surface area contributed by atoms with Crippen LogP contribution < -0.4 is 5.32 Å². The second kappa shape index (κ2) is 6.68. The number of aryl methyl sites for hydroxylation is 1. The molecule has 1 heterocycles. The molecular formula is C14H16FN3O. The highest BCUT2D eigenvalue weighted by atomic mass is 19.1. The molecule has 1 aromatic carbocycles. The maximum Gasteiger partial charge on any atom is 0.224 e. The van der Waals surface area contributed by atoms with Gasteiger partial charge in [0.1, 0.15) is 5.82 Å². The van der Waals surface area contributed by atoms with E-state index in [2.05, 4.69) is 10.3 Å². The van der Waals surface area contributed by atoms with Gasteiger partial charge >= 0.3 is 0 Å². The Morgan fingerprint density at radius 3 is 3.05 bits per heavy atom. The molecule has 0 atom stereocenters. The van der Waals surface area contributed by atoms with Crippen molar-refractivity contribution in [2.45, 2.75) is 19.4 Å². The lowest BCUT2D eigenvalue weighted by atomic mass is 10.1. The molecule has 0 unspecified atom stereocenters. The van der Waals surface area contributed by atoms with E-state index in [0.717, 1.165) is 13.0 Å². The summed E-state index contributed by atoms with van der Waals surface area (Å²) in [7, 11) is 0. The van der Waals surface area contributed by atoms with Gasteiger partial charge in [0, 0.05) is 25.5 Å². The topological polar surface area (TPSA) is 46.9 Å². The fraction of sp³-hybridized carbons (Fsp3) is 0.286. The van der Waals surface area contributed by atoms with Gasteiger partial charge in [-0.1, -0.05) is 12.1 Å². The van der Waals surface area contributed by atoms with Gasteiger partial charge in [-0.3, -0.25) is 4.79 Å². The lowest BCUT2D eigenvalue weighted by Gasteiger charge is -2.06. The van der Waals surface area contributed by atoms with Crippen LogP contribution in [0.3, 0.4) is 0 Å². The van der Waals surface area contributed by atoms with Crippen LogP contribution in [0.4, 0.5) is 4.39 Å². The number of amides is 1. The summed E-state index contributed by atoms with van der Waals surface area (Å²) >= 11 is 0. The molecule has 0 aliphatic rings. The van der Waals surface area contributed by atoms with Crippen molar-refractivity contribution < 1.29 is 9.18 Å². The molecule has 0 radical (unpaired) electrons. The van der Waals surface area contributed by atoms with Gasteiger partial charge < -0.3 is 9.88 Å². The summed E-state index contributed by atoms with van der Waals surface area (Å²) in [5.74, 6) is -0.401. The highest BCUT2D eigenvalue weighted by molar-refractivity contribution is 5.78. The van der Waals surface area contributed by atoms with Crippen LogP contribution in [0.1, 0.15) is 12.0 Å². The van der Waals surface area contributed by atoms with E-state index in [-0.39, 0.29) is 18.1 Å². The van der Waals surface area contributed by atoms with E-state index in [9.17, 15) is 9.18 Å². The largest absolute Gasteiger partial charge is 0.356 e. The Morgan fingerprint density at radius 2 is 2.32 bits per heavy atom. The average molecular weight is 261 g/mol. The van der Waals surface area contributed by atoms with Gasteiger partial charge in [0.05, 0.1) is 12.7 Å². The summed E-state index contributed by atoms with van der Waals surface area (Å²) in [6, 6.07) is 6.10. The Hall–Kier alpha value is -2.17. The summed E-state index contributed by atoms with van der Waals surface area (Å²) in [6.07, 6.45) is 6.40. The minimum Gasteiger partial charge on any atom is -0.356 e. The molecule has 2 rings (SSSR count). The number of carbonyl (C=O) groups excluding carboxylic acids is 1. The van der Waals surface area contributed by atoms with Crippen molar-refractivity contribution in [2.75, 3.05) is 6.54 Å². The zero-order chi connectivity index (χ0) is 13.5. The zero-order valence-corrected chi connectivity index (χ0v) is 10.6. The number of carbonyl (C=O) groups is 1. The maximum atomic E-state index is 12.9. The zero-order valence-electron chi connectivity index (χ0n) is 10.6. The molecular weight excluding hydrogens is 245 g/mol. The average Bonchev–Trinajstić information content (AvgIpc) is 2.88. The normalized spacial score (nSPS) is 10.4. The van der Waals surface area contributed by atoms with Crippen molar-refractivity contribution in [2.24, 2.45) is 0 Å². The van der Waals surface area contributed by atoms with Gasteiger partial charge in [-0.15, -0.1) is 0 Å². The summed E-state index contributed by atoms with van der Waals surface area (Å²) in [4.78, 5) is 15.6. The number of nitrogens with zero attached hydrogens (tertiary/aromatic N) is 2. The fourth-order valence-electron chi connectivity index (χ4n) is 1.80. The molecule has 1 N–H and O–H groups in total. The quantitative estimate of drug-likeness (QED) is 0.806. The summed E-state index contributed by atoms with van der Waals surface area (Å²) in [5.41, 5.74) is 0.687. The lowest BCUT2D eigenvalue weighted by molar-refractivity contribution is -0.120. The van der Waals surface area contributed by atoms with Gasteiger partial charge in [0.25, 0.3) is 0 Å². The minimum absolute atomic E-state index is 0.0868. The summed E-state index contributed by atoms with van der Waals surface area (Å²) in [6.45, 7) is 1.42. The standard InChI is InChI=1S/C14H16FN3O/c15-13-4-1-3-12(9-13)10-14(19)17-5-2-7-18-8-6-16-11-18/h1,3-4,6,8-9,11H,2,5,7,10H2,(H,17,19). The van der Waals surface area contributed by atoms with Gasteiger partial charge in [-0.2, -0.15) is 0 Å². The highest BCUT2D eigenvalue weighted by Crippen LogP contribution is 2.04. The predicted octanol–water partition coefficient (Wildman–Crippen LogP) is 1.77. The third kappa shape index (κ3) is 4.54. The third-order valence-electron chi connectivity index (χ3n) is 2.73. The molecule has 4 nitrogen and oxygen atoms in total. The Morgan fingerprint density at radius 1 is 1.42 bits per heavy atom. The van der Waals surface area contributed by atoms with E-state index >= 15 is 0 Å². The van der Waals surface area contributed by atoms with E-state index in [0.29, 0.717) is 12.1 Å². The Balaban J connectivity index is 1.67. The monoisotopic (exact) mass is 261 g/mol. The second-order valence-electron chi connectivity index (χ2n) is 4.31. The van der Waals surface area contributed by atoms with Crippen LogP contribution in [0, 0.1) is 5.82 Å². The van der Waals surface area contributed by atoms with Crippen LogP contribution in [0.2, 0.25) is 0 Å². The van der Waals surface area contributed by atoms with Crippen molar-refractivity contribution in [3.63, 3.8) is 0 Å². The first-order valence-corrected chi connectivity index (χ1v) is 6.21. The van der Waals surface area contributed by atoms with E-state index < -0.39 is 0 Å². The van der Waals surface area contributed by atoms with E-state index in [1.807, 2.05) is 10.8 Å². The van der Waals surface area contributed by atoms with Gasteiger partial charge in [-0.05, 0) is 24.1 Å². The Kier molecular flexibility index (Phi) is 4.66. The third-order valence-corrected chi connectivity index (χ3v) is 2.73. The molecule has 2 aromatic rings. The van der Waals surface area contributed by atoms with E-state index in [4.69, 9.17) is 0 Å². The van der Waals surface area contributed by atoms with Gasteiger partial charge in [0.15, 0.2) is 0 Å². The number of hydrogen-bond acceptors (Lipinski definition) is 2. The first-order valence-electron chi connectivity index (χ1n) is 6.21. The number of imidazole rings is 1. The van der Waals surface area contributed by atoms with Crippen LogP contribution in [-0.2, 0) is 17.8 Å². The highest BCUT2D eigenvalue weighted by Gasteiger charge is 2.03. The molecule has 0 saturated heterocycles. The van der Waals surface area contributed by atoms with Crippen molar-refractivity contribution in [1.82, 2.24) is 14.9 Å². The van der Waals surface area contributed by atoms with E-state index in [1.165, 1.54) is 12.1 Å². The van der Waals surface area contributed by atoms with Gasteiger partial charge in [-0.25, -0.2) is 9.37 Å². The fourth-order valence-corrected chi connectivity index (χ4v) is 1.80. The van der Waals surface area contributed by atoms with Crippen LogP contribution in [0.25, 0.3) is 0 Å². The number of rotatable bonds is 6. The predicted molar refractivity (Wildman–Crippen MR) is 70.0 cm³/mol. The van der Waals surface area contributed by atoms with Crippen LogP contribution in [-0.4, -0.2) is 22.0 Å². The molecule has 100 valence electrons. The van der Waals surface area contributed by atoms with Crippen LogP contribution in [0.5, 0.6) is 0 Å². The van der Waals surface area contributed by atoms with Crippen molar-refractivity contribution in [1.29, 1.82) is 0 Å². The Labute approximate surface area is 111 Å². The minimum atomic E-state index is -0.314. The Bertz CT molecular complexity index is 525. The SMILES string of the molecule is O=C(Cc1cccc(F)c1)NCCCn1ccnc1. The van der Waals surface area contributed by atoms with Crippen molar-refractivity contribution in [3.05, 3.63) is 54.4 Å². The first-order chi connectivity index (χ1) is 9.24.